The number of hydrogen-bond acceptors (Lipinski definition) is 5. The normalized spacial score (nSPS) is 14.6. The van der Waals surface area contributed by atoms with Crippen molar-refractivity contribution in [2.45, 2.75) is 62.6 Å². The quantitative estimate of drug-likeness (QED) is 0.305. The number of carbonyl (C=O) groups is 2. The van der Waals surface area contributed by atoms with E-state index < -0.39 is 34.3 Å². The molecule has 1 atom stereocenters. The number of nitrogens with one attached hydrogen (secondary N) is 1. The molecule has 0 spiro atoms. The van der Waals surface area contributed by atoms with Gasteiger partial charge in [0.05, 0.1) is 22.7 Å². The zero-order valence-electron chi connectivity index (χ0n) is 23.6. The van der Waals surface area contributed by atoms with Gasteiger partial charge in [-0.05, 0) is 67.8 Å². The average molecular weight is 616 g/mol. The largest absolute Gasteiger partial charge is 0.495 e. The van der Waals surface area contributed by atoms with Gasteiger partial charge < -0.3 is 15.0 Å². The highest BCUT2D eigenvalue weighted by Crippen LogP contribution is 2.32. The van der Waals surface area contributed by atoms with Crippen LogP contribution in [0.25, 0.3) is 0 Å². The molecule has 42 heavy (non-hydrogen) atoms. The van der Waals surface area contributed by atoms with Crippen LogP contribution in [0.5, 0.6) is 5.75 Å². The van der Waals surface area contributed by atoms with E-state index in [0.29, 0.717) is 11.3 Å². The SMILES string of the molecule is COc1ccc(N(CC(=O)N(Cc2ccc(F)cc2)[C@H](C)C(=O)NC2CCCCC2)S(=O)(=O)c2ccccc2)cc1Cl. The Balaban J connectivity index is 1.69. The van der Waals surface area contributed by atoms with Crippen LogP contribution in [0, 0.1) is 5.82 Å². The summed E-state index contributed by atoms with van der Waals surface area (Å²) in [4.78, 5) is 28.7. The van der Waals surface area contributed by atoms with Crippen molar-refractivity contribution >= 4 is 39.1 Å². The number of carbonyl (C=O) groups excluding carboxylic acids is 2. The maximum atomic E-state index is 14.0. The standard InChI is InChI=1S/C31H35ClFN3O5S/c1-22(31(38)34-25-9-5-3-6-10-25)35(20-23-13-15-24(33)16-14-23)30(37)21-36(26-17-18-29(41-2)28(32)19-26)42(39,40)27-11-7-4-8-12-27/h4,7-8,11-19,22,25H,3,5-6,9-10,20-21H2,1-2H3,(H,34,38)/t22-/m1/s1. The summed E-state index contributed by atoms with van der Waals surface area (Å²) in [6.45, 7) is 0.975. The predicted octanol–water partition coefficient (Wildman–Crippen LogP) is 5.55. The van der Waals surface area contributed by atoms with Crippen molar-refractivity contribution in [2.24, 2.45) is 0 Å². The molecule has 0 aromatic heterocycles. The third-order valence-corrected chi connectivity index (χ3v) is 9.50. The van der Waals surface area contributed by atoms with Gasteiger partial charge in [0.15, 0.2) is 0 Å². The molecule has 8 nitrogen and oxygen atoms in total. The number of nitrogens with zero attached hydrogens (tertiary/aromatic N) is 2. The average Bonchev–Trinajstić information content (AvgIpc) is 3.00. The van der Waals surface area contributed by atoms with E-state index in [1.54, 1.807) is 25.1 Å². The number of ether oxygens (including phenoxy) is 1. The highest BCUT2D eigenvalue weighted by atomic mass is 35.5. The van der Waals surface area contributed by atoms with Gasteiger partial charge >= 0.3 is 0 Å². The lowest BCUT2D eigenvalue weighted by molar-refractivity contribution is -0.139. The summed E-state index contributed by atoms with van der Waals surface area (Å²) in [6.07, 6.45) is 4.90. The molecule has 1 aliphatic rings. The van der Waals surface area contributed by atoms with Crippen LogP contribution < -0.4 is 14.4 Å². The van der Waals surface area contributed by atoms with Crippen molar-refractivity contribution in [1.29, 1.82) is 0 Å². The molecule has 4 rings (SSSR count). The summed E-state index contributed by atoms with van der Waals surface area (Å²) in [5, 5.41) is 3.22. The molecule has 3 aromatic carbocycles. The maximum absolute atomic E-state index is 14.0. The van der Waals surface area contributed by atoms with Crippen LogP contribution in [0.15, 0.2) is 77.7 Å². The van der Waals surface area contributed by atoms with E-state index >= 15 is 0 Å². The van der Waals surface area contributed by atoms with Gasteiger partial charge in [0.2, 0.25) is 11.8 Å². The van der Waals surface area contributed by atoms with Gasteiger partial charge in [0.25, 0.3) is 10.0 Å². The molecule has 0 aliphatic heterocycles. The first-order chi connectivity index (χ1) is 20.1. The first-order valence-electron chi connectivity index (χ1n) is 13.9. The summed E-state index contributed by atoms with van der Waals surface area (Å²) < 4.78 is 47.6. The van der Waals surface area contributed by atoms with E-state index in [4.69, 9.17) is 16.3 Å². The summed E-state index contributed by atoms with van der Waals surface area (Å²) >= 11 is 6.35. The fourth-order valence-corrected chi connectivity index (χ4v) is 6.68. The van der Waals surface area contributed by atoms with Crippen LogP contribution in [0.1, 0.15) is 44.6 Å². The smallest absolute Gasteiger partial charge is 0.264 e. The number of anilines is 1. The van der Waals surface area contributed by atoms with Gasteiger partial charge in [-0.25, -0.2) is 12.8 Å². The van der Waals surface area contributed by atoms with E-state index in [9.17, 15) is 22.4 Å². The molecule has 1 fully saturated rings. The highest BCUT2D eigenvalue weighted by Gasteiger charge is 2.33. The Labute approximate surface area is 251 Å². The van der Waals surface area contributed by atoms with Crippen LogP contribution >= 0.6 is 11.6 Å². The Bertz CT molecular complexity index is 1480. The summed E-state index contributed by atoms with van der Waals surface area (Å²) in [5.41, 5.74) is 0.742. The zero-order chi connectivity index (χ0) is 30.3. The van der Waals surface area contributed by atoms with Crippen LogP contribution in [-0.4, -0.2) is 50.9 Å². The zero-order valence-corrected chi connectivity index (χ0v) is 25.2. The van der Waals surface area contributed by atoms with Crippen LogP contribution in [0.2, 0.25) is 5.02 Å². The summed E-state index contributed by atoms with van der Waals surface area (Å²) in [5.74, 6) is -1.04. The van der Waals surface area contributed by atoms with Gasteiger partial charge in [-0.15, -0.1) is 0 Å². The van der Waals surface area contributed by atoms with Crippen molar-refractivity contribution < 1.29 is 27.1 Å². The lowest BCUT2D eigenvalue weighted by Gasteiger charge is -2.33. The van der Waals surface area contributed by atoms with E-state index in [2.05, 4.69) is 5.32 Å². The molecule has 224 valence electrons. The van der Waals surface area contributed by atoms with Crippen LogP contribution in [0.4, 0.5) is 10.1 Å². The Kier molecular flexibility index (Phi) is 10.5. The molecule has 0 radical (unpaired) electrons. The van der Waals surface area contributed by atoms with Crippen LogP contribution in [0.3, 0.4) is 0 Å². The molecule has 2 amide bonds. The third kappa shape index (κ3) is 7.60. The number of hydrogen-bond donors (Lipinski definition) is 1. The van der Waals surface area contributed by atoms with Crippen molar-refractivity contribution in [1.82, 2.24) is 10.2 Å². The molecule has 0 saturated heterocycles. The van der Waals surface area contributed by atoms with Gasteiger partial charge in [-0.2, -0.15) is 0 Å². The summed E-state index contributed by atoms with van der Waals surface area (Å²) in [7, 11) is -2.79. The summed E-state index contributed by atoms with van der Waals surface area (Å²) in [6, 6.07) is 16.9. The van der Waals surface area contributed by atoms with Crippen molar-refractivity contribution in [2.75, 3.05) is 18.0 Å². The third-order valence-electron chi connectivity index (χ3n) is 7.42. The minimum absolute atomic E-state index is 0.0158. The Morgan fingerprint density at radius 3 is 2.31 bits per heavy atom. The van der Waals surface area contributed by atoms with E-state index in [1.807, 2.05) is 0 Å². The highest BCUT2D eigenvalue weighted by molar-refractivity contribution is 7.92. The molecule has 1 N–H and O–H groups in total. The Morgan fingerprint density at radius 1 is 1.02 bits per heavy atom. The molecule has 1 aliphatic carbocycles. The second-order valence-corrected chi connectivity index (χ2v) is 12.6. The molecular weight excluding hydrogens is 581 g/mol. The first-order valence-corrected chi connectivity index (χ1v) is 15.7. The number of methoxy groups -OCH3 is 1. The molecule has 1 saturated carbocycles. The monoisotopic (exact) mass is 615 g/mol. The van der Waals surface area contributed by atoms with Crippen LogP contribution in [-0.2, 0) is 26.2 Å². The van der Waals surface area contributed by atoms with Gasteiger partial charge in [0, 0.05) is 12.6 Å². The predicted molar refractivity (Wildman–Crippen MR) is 160 cm³/mol. The Hall–Kier alpha value is -3.63. The number of sulfonamides is 1. The van der Waals surface area contributed by atoms with Gasteiger partial charge in [0.1, 0.15) is 24.2 Å². The fourth-order valence-electron chi connectivity index (χ4n) is 5.00. The molecule has 0 heterocycles. The van der Waals surface area contributed by atoms with E-state index in [0.717, 1.165) is 36.4 Å². The van der Waals surface area contributed by atoms with E-state index in [1.165, 1.54) is 66.6 Å². The molecule has 3 aromatic rings. The van der Waals surface area contributed by atoms with Gasteiger partial charge in [-0.1, -0.05) is 61.2 Å². The second-order valence-electron chi connectivity index (χ2n) is 10.3. The number of amides is 2. The number of benzene rings is 3. The molecule has 11 heteroatoms. The van der Waals surface area contributed by atoms with Crippen molar-refractivity contribution in [3.05, 3.63) is 89.2 Å². The molecule has 0 bridgehead atoms. The molecular formula is C31H35ClFN3O5S. The second kappa shape index (κ2) is 14.0. The van der Waals surface area contributed by atoms with Crippen molar-refractivity contribution in [3.8, 4) is 5.75 Å². The number of halogens is 2. The maximum Gasteiger partial charge on any atom is 0.264 e. The fraction of sp³-hybridized carbons (Fsp3) is 0.355. The minimum atomic E-state index is -4.23. The van der Waals surface area contributed by atoms with E-state index in [-0.39, 0.29) is 34.1 Å². The van der Waals surface area contributed by atoms with Crippen molar-refractivity contribution in [3.63, 3.8) is 0 Å². The minimum Gasteiger partial charge on any atom is -0.495 e. The lowest BCUT2D eigenvalue weighted by atomic mass is 9.95. The van der Waals surface area contributed by atoms with Gasteiger partial charge in [-0.3, -0.25) is 13.9 Å². The topological polar surface area (TPSA) is 96.0 Å². The Morgan fingerprint density at radius 2 is 1.69 bits per heavy atom. The molecule has 0 unspecified atom stereocenters. The number of rotatable bonds is 11. The lowest BCUT2D eigenvalue weighted by Crippen LogP contribution is -2.53. The first kappa shape index (κ1) is 31.3.